The van der Waals surface area contributed by atoms with Gasteiger partial charge in [-0.25, -0.2) is 9.78 Å². The Balaban J connectivity index is 0.00000274. The van der Waals surface area contributed by atoms with Gasteiger partial charge in [-0.05, 0) is 18.9 Å². The molecule has 2 N–H and O–H groups in total. The van der Waals surface area contributed by atoms with Gasteiger partial charge in [-0.3, -0.25) is 9.78 Å². The summed E-state index contributed by atoms with van der Waals surface area (Å²) in [5, 5.41) is 14.4. The van der Waals surface area contributed by atoms with Crippen LogP contribution in [0, 0.1) is 11.8 Å². The highest BCUT2D eigenvalue weighted by Crippen LogP contribution is 2.43. The molecule has 4 fully saturated rings. The first-order valence-electron chi connectivity index (χ1n) is 11.9. The summed E-state index contributed by atoms with van der Waals surface area (Å²) < 4.78 is 11.8. The molecule has 3 saturated heterocycles. The Hall–Kier alpha value is -2.30. The molecule has 0 radical (unpaired) electrons. The summed E-state index contributed by atoms with van der Waals surface area (Å²) in [4.78, 5) is 34.3. The highest BCUT2D eigenvalue weighted by atomic mass is 79.9. The summed E-state index contributed by atoms with van der Waals surface area (Å²) in [5.41, 5.74) is -1.23. The number of quaternary nitrogens is 1. The number of nitrogens with one attached hydrogen (secondary N) is 1. The van der Waals surface area contributed by atoms with Crippen molar-refractivity contribution in [3.8, 4) is 0 Å². The number of aromatic nitrogens is 2. The molecule has 0 spiro atoms. The van der Waals surface area contributed by atoms with E-state index < -0.39 is 11.6 Å². The van der Waals surface area contributed by atoms with Crippen molar-refractivity contribution >= 4 is 17.7 Å². The molecule has 4 aliphatic rings. The molecule has 0 aromatic carbocycles. The van der Waals surface area contributed by atoms with Crippen LogP contribution in [0.4, 0.5) is 5.82 Å². The second-order valence-corrected chi connectivity index (χ2v) is 9.81. The molecular formula is C24H31BrN4O5. The lowest BCUT2D eigenvalue weighted by Gasteiger charge is -2.51. The lowest BCUT2D eigenvalue weighted by Crippen LogP contribution is -3.00. The molecule has 1 unspecified atom stereocenters. The van der Waals surface area contributed by atoms with E-state index in [1.807, 2.05) is 0 Å². The topological polar surface area (TPSA) is 115 Å². The summed E-state index contributed by atoms with van der Waals surface area (Å²) in [6.45, 7) is 2.63. The Morgan fingerprint density at radius 3 is 2.62 bits per heavy atom. The number of aliphatic hydroxyl groups is 1. The second kappa shape index (κ2) is 10.1. The van der Waals surface area contributed by atoms with E-state index in [1.54, 1.807) is 12.3 Å². The number of carbonyl (C=O) groups excluding carboxylic acids is 2. The average molecular weight is 535 g/mol. The zero-order chi connectivity index (χ0) is 22.9. The normalized spacial score (nSPS) is 28.0. The zero-order valence-corrected chi connectivity index (χ0v) is 20.7. The summed E-state index contributed by atoms with van der Waals surface area (Å²) in [7, 11) is 0. The standard InChI is InChI=1S/C24H30N4O5.BrH/c29-22(27-21-13-25-8-9-26-21)15-28-10-5-17(6-11-28)20(14-28)33-23(30)24(31,18-3-1-2-4-18)19-7-12-32-16-19;/h7-9,12-13,16-18,20,31H,1-6,10-11,14-15H2;1H/t17?,20?,24-,28?;/m1./s1. The minimum Gasteiger partial charge on any atom is -1.00 e. The van der Waals surface area contributed by atoms with Crippen molar-refractivity contribution in [3.05, 3.63) is 42.7 Å². The van der Waals surface area contributed by atoms with Crippen LogP contribution in [0.3, 0.4) is 0 Å². The van der Waals surface area contributed by atoms with E-state index in [1.165, 1.54) is 24.9 Å². The number of anilines is 1. The maximum absolute atomic E-state index is 13.4. The minimum absolute atomic E-state index is 0. The maximum Gasteiger partial charge on any atom is 0.343 e. The van der Waals surface area contributed by atoms with Crippen LogP contribution < -0.4 is 22.3 Å². The molecule has 5 heterocycles. The molecule has 2 bridgehead atoms. The van der Waals surface area contributed by atoms with Crippen LogP contribution in [0.15, 0.2) is 41.6 Å². The number of nitrogens with zero attached hydrogens (tertiary/aromatic N) is 3. The predicted molar refractivity (Wildman–Crippen MR) is 118 cm³/mol. The van der Waals surface area contributed by atoms with Gasteiger partial charge >= 0.3 is 5.97 Å². The molecule has 10 heteroatoms. The van der Waals surface area contributed by atoms with Crippen LogP contribution in [-0.4, -0.2) is 63.7 Å². The predicted octanol–water partition coefficient (Wildman–Crippen LogP) is -0.758. The molecule has 2 aromatic heterocycles. The van der Waals surface area contributed by atoms with Crippen LogP contribution in [-0.2, 0) is 19.9 Å². The van der Waals surface area contributed by atoms with Gasteiger partial charge in [0.25, 0.3) is 5.91 Å². The van der Waals surface area contributed by atoms with Crippen molar-refractivity contribution in [2.75, 3.05) is 31.5 Å². The van der Waals surface area contributed by atoms with Crippen LogP contribution >= 0.6 is 0 Å². The van der Waals surface area contributed by atoms with Gasteiger partial charge in [-0.2, -0.15) is 0 Å². The van der Waals surface area contributed by atoms with E-state index in [0.29, 0.717) is 29.0 Å². The highest BCUT2D eigenvalue weighted by molar-refractivity contribution is 5.90. The number of halogens is 1. The van der Waals surface area contributed by atoms with E-state index in [2.05, 4.69) is 15.3 Å². The number of carbonyl (C=O) groups is 2. The number of hydrogen-bond acceptors (Lipinski definition) is 7. The fourth-order valence-electron chi connectivity index (χ4n) is 6.00. The minimum atomic E-state index is -1.69. The summed E-state index contributed by atoms with van der Waals surface area (Å²) in [5.74, 6) is -0.199. The van der Waals surface area contributed by atoms with E-state index in [0.717, 1.165) is 51.6 Å². The highest BCUT2D eigenvalue weighted by Gasteiger charge is 2.53. The lowest BCUT2D eigenvalue weighted by molar-refractivity contribution is -0.939. The third-order valence-electron chi connectivity index (χ3n) is 7.83. The van der Waals surface area contributed by atoms with Gasteiger partial charge in [0.2, 0.25) is 0 Å². The number of amides is 1. The van der Waals surface area contributed by atoms with E-state index in [-0.39, 0.29) is 40.8 Å². The molecule has 1 amide bonds. The zero-order valence-electron chi connectivity index (χ0n) is 19.1. The largest absolute Gasteiger partial charge is 1.00 e. The van der Waals surface area contributed by atoms with Gasteiger partial charge in [0.15, 0.2) is 24.1 Å². The number of furan rings is 1. The molecule has 1 saturated carbocycles. The third kappa shape index (κ3) is 4.76. The molecule has 1 aliphatic carbocycles. The van der Waals surface area contributed by atoms with Crippen molar-refractivity contribution in [1.82, 2.24) is 9.97 Å². The van der Waals surface area contributed by atoms with Crippen LogP contribution in [0.2, 0.25) is 0 Å². The van der Waals surface area contributed by atoms with Crippen molar-refractivity contribution in [3.63, 3.8) is 0 Å². The Morgan fingerprint density at radius 1 is 1.21 bits per heavy atom. The smallest absolute Gasteiger partial charge is 0.343 e. The fraction of sp³-hybridized carbons (Fsp3) is 0.583. The molecule has 34 heavy (non-hydrogen) atoms. The van der Waals surface area contributed by atoms with Crippen molar-refractivity contribution < 1.29 is 45.3 Å². The summed E-state index contributed by atoms with van der Waals surface area (Å²) in [6, 6.07) is 1.65. The Labute approximate surface area is 209 Å². The average Bonchev–Trinajstić information content (AvgIpc) is 3.54. The SMILES string of the molecule is O=C(C[N+]12CCC(CC1)C(OC(=O)[C@](O)(c1ccoc1)C1CCCC1)C2)Nc1cnccn1.[Br-]. The molecular weight excluding hydrogens is 504 g/mol. The van der Waals surface area contributed by atoms with Crippen LogP contribution in [0.25, 0.3) is 0 Å². The van der Waals surface area contributed by atoms with Gasteiger partial charge in [0.05, 0.1) is 31.8 Å². The monoisotopic (exact) mass is 534 g/mol. The van der Waals surface area contributed by atoms with Crippen molar-refractivity contribution in [1.29, 1.82) is 0 Å². The fourth-order valence-corrected chi connectivity index (χ4v) is 6.00. The molecule has 9 nitrogen and oxygen atoms in total. The molecule has 2 aromatic rings. The van der Waals surface area contributed by atoms with Crippen molar-refractivity contribution in [2.45, 2.75) is 50.2 Å². The van der Waals surface area contributed by atoms with Crippen molar-refractivity contribution in [2.24, 2.45) is 11.8 Å². The first-order valence-corrected chi connectivity index (χ1v) is 11.9. The molecule has 6 rings (SSSR count). The quantitative estimate of drug-likeness (QED) is 0.354. The van der Waals surface area contributed by atoms with Crippen LogP contribution in [0.5, 0.6) is 0 Å². The third-order valence-corrected chi connectivity index (χ3v) is 7.83. The maximum atomic E-state index is 13.4. The summed E-state index contributed by atoms with van der Waals surface area (Å²) >= 11 is 0. The number of fused-ring (bicyclic) bond motifs is 3. The number of ether oxygens (including phenoxy) is 1. The van der Waals surface area contributed by atoms with Gasteiger partial charge in [-0.15, -0.1) is 0 Å². The van der Waals surface area contributed by atoms with Gasteiger partial charge in [0.1, 0.15) is 6.54 Å². The Morgan fingerprint density at radius 2 is 1.97 bits per heavy atom. The first kappa shape index (κ1) is 24.8. The number of piperidine rings is 3. The Kier molecular flexibility index (Phi) is 7.39. The van der Waals surface area contributed by atoms with E-state index >= 15 is 0 Å². The van der Waals surface area contributed by atoms with Gasteiger partial charge in [-0.1, -0.05) is 12.8 Å². The molecule has 3 aliphatic heterocycles. The first-order chi connectivity index (χ1) is 16.0. The number of hydrogen-bond donors (Lipinski definition) is 2. The lowest BCUT2D eigenvalue weighted by atomic mass is 9.80. The molecule has 2 atom stereocenters. The Bertz CT molecular complexity index is 975. The summed E-state index contributed by atoms with van der Waals surface area (Å²) in [6.07, 6.45) is 12.6. The van der Waals surface area contributed by atoms with Gasteiger partial charge < -0.3 is 41.0 Å². The van der Waals surface area contributed by atoms with Crippen LogP contribution in [0.1, 0.15) is 44.1 Å². The number of esters is 1. The number of rotatable bonds is 7. The van der Waals surface area contributed by atoms with E-state index in [9.17, 15) is 14.7 Å². The second-order valence-electron chi connectivity index (χ2n) is 9.81. The molecule has 184 valence electrons. The van der Waals surface area contributed by atoms with E-state index in [4.69, 9.17) is 9.15 Å². The van der Waals surface area contributed by atoms with Gasteiger partial charge in [0, 0.05) is 42.6 Å².